The standard InChI is InChI=1S/C22H17FN4O/c23-18-8-2-1-5-16(18)13-21(28)26-17-10-11-20(25-14-17)27-19-9-3-6-15-7-4-12-24-22(15)19/h1-12,14H,13H2,(H,25,27)(H,26,28). The molecule has 0 bridgehead atoms. The molecule has 28 heavy (non-hydrogen) atoms. The third kappa shape index (κ3) is 3.96. The number of aromatic nitrogens is 2. The van der Waals surface area contributed by atoms with Crippen LogP contribution in [0.1, 0.15) is 5.56 Å². The second kappa shape index (κ2) is 7.84. The van der Waals surface area contributed by atoms with Crippen molar-refractivity contribution in [1.29, 1.82) is 0 Å². The summed E-state index contributed by atoms with van der Waals surface area (Å²) >= 11 is 0. The van der Waals surface area contributed by atoms with Gasteiger partial charge in [-0.15, -0.1) is 0 Å². The van der Waals surface area contributed by atoms with Crippen LogP contribution in [0.15, 0.2) is 79.1 Å². The Balaban J connectivity index is 1.44. The predicted octanol–water partition coefficient (Wildman–Crippen LogP) is 4.69. The normalized spacial score (nSPS) is 10.6. The number of halogens is 1. The Bertz CT molecular complexity index is 1120. The van der Waals surface area contributed by atoms with Gasteiger partial charge in [-0.25, -0.2) is 9.37 Å². The number of carbonyl (C=O) groups is 1. The van der Waals surface area contributed by atoms with Gasteiger partial charge in [0.15, 0.2) is 0 Å². The molecule has 0 unspecified atom stereocenters. The Kier molecular flexibility index (Phi) is 4.93. The average Bonchev–Trinajstić information content (AvgIpc) is 2.71. The van der Waals surface area contributed by atoms with Crippen molar-refractivity contribution < 1.29 is 9.18 Å². The highest BCUT2D eigenvalue weighted by atomic mass is 19.1. The maximum absolute atomic E-state index is 13.7. The first-order valence-electron chi connectivity index (χ1n) is 8.79. The zero-order chi connectivity index (χ0) is 19.3. The molecule has 2 aromatic heterocycles. The number of nitrogens with one attached hydrogen (secondary N) is 2. The number of pyridine rings is 2. The van der Waals surface area contributed by atoms with Crippen molar-refractivity contribution in [2.75, 3.05) is 10.6 Å². The van der Waals surface area contributed by atoms with E-state index in [1.165, 1.54) is 6.07 Å². The summed E-state index contributed by atoms with van der Waals surface area (Å²) in [6.07, 6.45) is 3.27. The fraction of sp³-hybridized carbons (Fsp3) is 0.0455. The largest absolute Gasteiger partial charge is 0.338 e. The summed E-state index contributed by atoms with van der Waals surface area (Å²) in [5.41, 5.74) is 2.61. The van der Waals surface area contributed by atoms with E-state index in [2.05, 4.69) is 20.6 Å². The van der Waals surface area contributed by atoms with Crippen molar-refractivity contribution in [2.45, 2.75) is 6.42 Å². The van der Waals surface area contributed by atoms with E-state index in [-0.39, 0.29) is 18.1 Å². The molecule has 0 aliphatic rings. The third-order valence-corrected chi connectivity index (χ3v) is 4.25. The number of nitrogens with zero attached hydrogens (tertiary/aromatic N) is 2. The van der Waals surface area contributed by atoms with E-state index in [9.17, 15) is 9.18 Å². The van der Waals surface area contributed by atoms with Crippen molar-refractivity contribution in [3.63, 3.8) is 0 Å². The van der Waals surface area contributed by atoms with Crippen molar-refractivity contribution in [3.05, 3.63) is 90.5 Å². The lowest BCUT2D eigenvalue weighted by molar-refractivity contribution is -0.115. The highest BCUT2D eigenvalue weighted by Gasteiger charge is 2.09. The molecule has 5 nitrogen and oxygen atoms in total. The summed E-state index contributed by atoms with van der Waals surface area (Å²) in [5, 5.41) is 7.00. The molecule has 138 valence electrons. The van der Waals surface area contributed by atoms with Crippen LogP contribution in [0.3, 0.4) is 0 Å². The fourth-order valence-electron chi connectivity index (χ4n) is 2.90. The molecule has 2 heterocycles. The monoisotopic (exact) mass is 372 g/mol. The van der Waals surface area contributed by atoms with Crippen molar-refractivity contribution in [1.82, 2.24) is 9.97 Å². The van der Waals surface area contributed by atoms with Gasteiger partial charge in [0.1, 0.15) is 11.6 Å². The van der Waals surface area contributed by atoms with Gasteiger partial charge in [0, 0.05) is 11.6 Å². The summed E-state index contributed by atoms with van der Waals surface area (Å²) in [5.74, 6) is -0.0601. The van der Waals surface area contributed by atoms with Crippen molar-refractivity contribution in [3.8, 4) is 0 Å². The molecular weight excluding hydrogens is 355 g/mol. The summed E-state index contributed by atoms with van der Waals surface area (Å²) in [6.45, 7) is 0. The van der Waals surface area contributed by atoms with Crippen LogP contribution >= 0.6 is 0 Å². The lowest BCUT2D eigenvalue weighted by atomic mass is 10.1. The first kappa shape index (κ1) is 17.6. The van der Waals surface area contributed by atoms with E-state index in [0.29, 0.717) is 17.1 Å². The Morgan fingerprint density at radius 1 is 0.929 bits per heavy atom. The number of fused-ring (bicyclic) bond motifs is 1. The number of para-hydroxylation sites is 1. The molecule has 0 atom stereocenters. The van der Waals surface area contributed by atoms with Crippen LogP contribution in [0.4, 0.5) is 21.6 Å². The van der Waals surface area contributed by atoms with Gasteiger partial charge in [-0.2, -0.15) is 0 Å². The van der Waals surface area contributed by atoms with Crippen LogP contribution in [0.25, 0.3) is 10.9 Å². The van der Waals surface area contributed by atoms with Gasteiger partial charge in [0.05, 0.1) is 29.5 Å². The topological polar surface area (TPSA) is 66.9 Å². The molecular formula is C22H17FN4O. The second-order valence-electron chi connectivity index (χ2n) is 6.25. The zero-order valence-electron chi connectivity index (χ0n) is 14.9. The zero-order valence-corrected chi connectivity index (χ0v) is 14.9. The minimum Gasteiger partial charge on any atom is -0.338 e. The Labute approximate surface area is 161 Å². The molecule has 0 radical (unpaired) electrons. The number of carbonyl (C=O) groups excluding carboxylic acids is 1. The number of benzene rings is 2. The van der Waals surface area contributed by atoms with Gasteiger partial charge in [0.25, 0.3) is 0 Å². The maximum Gasteiger partial charge on any atom is 0.228 e. The molecule has 2 aromatic carbocycles. The highest BCUT2D eigenvalue weighted by Crippen LogP contribution is 2.24. The van der Waals surface area contributed by atoms with E-state index < -0.39 is 0 Å². The van der Waals surface area contributed by atoms with Crippen molar-refractivity contribution >= 4 is 34.0 Å². The molecule has 0 fully saturated rings. The minimum absolute atomic E-state index is 0.0334. The smallest absolute Gasteiger partial charge is 0.228 e. The SMILES string of the molecule is O=C(Cc1ccccc1F)Nc1ccc(Nc2cccc3cccnc23)nc1. The molecule has 1 amide bonds. The van der Waals surface area contributed by atoms with Gasteiger partial charge in [0.2, 0.25) is 5.91 Å². The summed E-state index contributed by atoms with van der Waals surface area (Å²) in [7, 11) is 0. The van der Waals surface area contributed by atoms with E-state index in [0.717, 1.165) is 16.6 Å². The number of rotatable bonds is 5. The van der Waals surface area contributed by atoms with Gasteiger partial charge < -0.3 is 10.6 Å². The van der Waals surface area contributed by atoms with Crippen molar-refractivity contribution in [2.24, 2.45) is 0 Å². The maximum atomic E-state index is 13.7. The fourth-order valence-corrected chi connectivity index (χ4v) is 2.90. The molecule has 4 rings (SSSR count). The summed E-state index contributed by atoms with van der Waals surface area (Å²) in [6, 6.07) is 19.5. The minimum atomic E-state index is -0.390. The summed E-state index contributed by atoms with van der Waals surface area (Å²) in [4.78, 5) is 20.9. The quantitative estimate of drug-likeness (QED) is 0.533. The van der Waals surface area contributed by atoms with E-state index in [4.69, 9.17) is 0 Å². The molecule has 0 aliphatic heterocycles. The van der Waals surface area contributed by atoms with Crippen LogP contribution in [0.5, 0.6) is 0 Å². The molecule has 0 saturated heterocycles. The van der Waals surface area contributed by atoms with Gasteiger partial charge >= 0.3 is 0 Å². The van der Waals surface area contributed by atoms with Crippen LogP contribution in [0, 0.1) is 5.82 Å². The highest BCUT2D eigenvalue weighted by molar-refractivity contribution is 5.93. The van der Waals surface area contributed by atoms with Gasteiger partial charge in [-0.3, -0.25) is 9.78 Å². The Morgan fingerprint density at radius 2 is 1.79 bits per heavy atom. The van der Waals surface area contributed by atoms with Crippen LogP contribution < -0.4 is 10.6 Å². The lowest BCUT2D eigenvalue weighted by Crippen LogP contribution is -2.15. The predicted molar refractivity (Wildman–Crippen MR) is 108 cm³/mol. The lowest BCUT2D eigenvalue weighted by Gasteiger charge is -2.10. The second-order valence-corrected chi connectivity index (χ2v) is 6.25. The first-order chi connectivity index (χ1) is 13.7. The Morgan fingerprint density at radius 3 is 2.61 bits per heavy atom. The van der Waals surface area contributed by atoms with Crippen LogP contribution in [-0.4, -0.2) is 15.9 Å². The molecule has 6 heteroatoms. The number of amides is 1. The van der Waals surface area contributed by atoms with E-state index in [1.807, 2.05) is 30.3 Å². The average molecular weight is 372 g/mol. The molecule has 0 spiro atoms. The third-order valence-electron chi connectivity index (χ3n) is 4.25. The van der Waals surface area contributed by atoms with Gasteiger partial charge in [-0.05, 0) is 35.9 Å². The molecule has 4 aromatic rings. The van der Waals surface area contributed by atoms with Gasteiger partial charge in [-0.1, -0.05) is 36.4 Å². The molecule has 2 N–H and O–H groups in total. The van der Waals surface area contributed by atoms with Crippen LogP contribution in [-0.2, 0) is 11.2 Å². The number of hydrogen-bond donors (Lipinski definition) is 2. The first-order valence-corrected chi connectivity index (χ1v) is 8.79. The van der Waals surface area contributed by atoms with Crippen LogP contribution in [0.2, 0.25) is 0 Å². The molecule has 0 aliphatic carbocycles. The number of anilines is 3. The van der Waals surface area contributed by atoms with E-state index >= 15 is 0 Å². The molecule has 0 saturated carbocycles. The van der Waals surface area contributed by atoms with E-state index in [1.54, 1.807) is 42.7 Å². The summed E-state index contributed by atoms with van der Waals surface area (Å²) < 4.78 is 13.7. The number of hydrogen-bond acceptors (Lipinski definition) is 4. The Hall–Kier alpha value is -3.80.